The van der Waals surface area contributed by atoms with Crippen molar-refractivity contribution in [3.8, 4) is 5.75 Å². The molecular formula is C21H21N3O7. The Bertz CT molecular complexity index is 1020. The Balaban J connectivity index is 1.56. The first-order valence-electron chi connectivity index (χ1n) is 9.44. The maximum Gasteiger partial charge on any atom is 0.311 e. The lowest BCUT2D eigenvalue weighted by atomic mass is 10.1. The molecule has 0 saturated carbocycles. The standard InChI is InChI=1S/C21H21N3O7/c1-13-3-5-15(6-4-13)23-11-14(9-20(23)26)21(27)31-12-19(25)22-17-8-7-16(30-2)10-18(17)24(28)29/h3-8,10,14H,9,11-12H2,1-2H3,(H,22,25). The molecule has 1 saturated heterocycles. The number of ether oxygens (including phenoxy) is 2. The van der Waals surface area contributed by atoms with Crippen molar-refractivity contribution in [2.24, 2.45) is 5.92 Å². The zero-order valence-corrected chi connectivity index (χ0v) is 17.0. The molecule has 10 heteroatoms. The van der Waals surface area contributed by atoms with E-state index in [1.165, 1.54) is 30.2 Å². The highest BCUT2D eigenvalue weighted by Gasteiger charge is 2.36. The molecule has 0 spiro atoms. The van der Waals surface area contributed by atoms with E-state index in [0.717, 1.165) is 5.56 Å². The summed E-state index contributed by atoms with van der Waals surface area (Å²) in [5.74, 6) is -2.05. The third kappa shape index (κ3) is 5.16. The van der Waals surface area contributed by atoms with Gasteiger partial charge in [0.15, 0.2) is 6.61 Å². The fourth-order valence-corrected chi connectivity index (χ4v) is 3.18. The number of nitrogens with one attached hydrogen (secondary N) is 1. The zero-order chi connectivity index (χ0) is 22.5. The van der Waals surface area contributed by atoms with Crippen LogP contribution >= 0.6 is 0 Å². The first kappa shape index (κ1) is 21.8. The number of anilines is 2. The number of amides is 2. The van der Waals surface area contributed by atoms with Gasteiger partial charge in [0.2, 0.25) is 5.91 Å². The van der Waals surface area contributed by atoms with Gasteiger partial charge >= 0.3 is 5.97 Å². The smallest absolute Gasteiger partial charge is 0.311 e. The second-order valence-corrected chi connectivity index (χ2v) is 7.04. The van der Waals surface area contributed by atoms with E-state index in [1.807, 2.05) is 19.1 Å². The van der Waals surface area contributed by atoms with Gasteiger partial charge in [0.05, 0.1) is 24.0 Å². The third-order valence-electron chi connectivity index (χ3n) is 4.83. The lowest BCUT2D eigenvalue weighted by Gasteiger charge is -2.16. The number of esters is 1. The van der Waals surface area contributed by atoms with Crippen molar-refractivity contribution in [1.82, 2.24) is 0 Å². The van der Waals surface area contributed by atoms with Crippen LogP contribution in [-0.2, 0) is 19.1 Å². The van der Waals surface area contributed by atoms with E-state index in [9.17, 15) is 24.5 Å². The van der Waals surface area contributed by atoms with Crippen LogP contribution in [-0.4, -0.2) is 43.0 Å². The van der Waals surface area contributed by atoms with E-state index in [1.54, 1.807) is 12.1 Å². The van der Waals surface area contributed by atoms with Gasteiger partial charge in [-0.15, -0.1) is 0 Å². The average Bonchev–Trinajstić information content (AvgIpc) is 3.14. The third-order valence-corrected chi connectivity index (χ3v) is 4.83. The number of carbonyl (C=O) groups excluding carboxylic acids is 3. The summed E-state index contributed by atoms with van der Waals surface area (Å²) in [5.41, 5.74) is 1.34. The SMILES string of the molecule is COc1ccc(NC(=O)COC(=O)C2CC(=O)N(c3ccc(C)cc3)C2)c([N+](=O)[O-])c1. The van der Waals surface area contributed by atoms with E-state index < -0.39 is 29.3 Å². The molecule has 10 nitrogen and oxygen atoms in total. The Morgan fingerprint density at radius 1 is 1.23 bits per heavy atom. The minimum Gasteiger partial charge on any atom is -0.496 e. The molecule has 2 amide bonds. The molecule has 1 N–H and O–H groups in total. The molecule has 1 heterocycles. The Morgan fingerprint density at radius 2 is 1.94 bits per heavy atom. The predicted octanol–water partition coefficient (Wildman–Crippen LogP) is 2.45. The van der Waals surface area contributed by atoms with Gasteiger partial charge in [-0.1, -0.05) is 17.7 Å². The minimum absolute atomic E-state index is 0.0156. The van der Waals surface area contributed by atoms with Crippen LogP contribution < -0.4 is 15.0 Å². The van der Waals surface area contributed by atoms with E-state index >= 15 is 0 Å². The number of benzene rings is 2. The molecule has 1 atom stereocenters. The van der Waals surface area contributed by atoms with Gasteiger partial charge in [0.1, 0.15) is 11.4 Å². The van der Waals surface area contributed by atoms with E-state index in [-0.39, 0.29) is 36.0 Å². The molecule has 1 fully saturated rings. The van der Waals surface area contributed by atoms with Crippen LogP contribution in [0.2, 0.25) is 0 Å². The second-order valence-electron chi connectivity index (χ2n) is 7.04. The molecule has 0 aromatic heterocycles. The largest absolute Gasteiger partial charge is 0.496 e. The maximum absolute atomic E-state index is 12.3. The Morgan fingerprint density at radius 3 is 2.58 bits per heavy atom. The quantitative estimate of drug-likeness (QED) is 0.408. The summed E-state index contributed by atoms with van der Waals surface area (Å²) in [7, 11) is 1.37. The van der Waals surface area contributed by atoms with Crippen LogP contribution in [0.5, 0.6) is 5.75 Å². The van der Waals surface area contributed by atoms with Gasteiger partial charge in [-0.05, 0) is 31.2 Å². The fourth-order valence-electron chi connectivity index (χ4n) is 3.18. The van der Waals surface area contributed by atoms with Crippen LogP contribution in [0, 0.1) is 23.0 Å². The molecule has 0 aliphatic carbocycles. The lowest BCUT2D eigenvalue weighted by Crippen LogP contribution is -2.28. The van der Waals surface area contributed by atoms with E-state index in [0.29, 0.717) is 5.69 Å². The number of nitro groups is 1. The highest BCUT2D eigenvalue weighted by Crippen LogP contribution is 2.29. The van der Waals surface area contributed by atoms with Crippen LogP contribution in [0.4, 0.5) is 17.1 Å². The summed E-state index contributed by atoms with van der Waals surface area (Å²) < 4.78 is 9.97. The molecule has 31 heavy (non-hydrogen) atoms. The number of nitro benzene ring substituents is 1. The summed E-state index contributed by atoms with van der Waals surface area (Å²) in [4.78, 5) is 48.8. The molecule has 0 radical (unpaired) electrons. The highest BCUT2D eigenvalue weighted by atomic mass is 16.6. The van der Waals surface area contributed by atoms with Crippen LogP contribution in [0.15, 0.2) is 42.5 Å². The Labute approximate surface area is 177 Å². The Hall–Kier alpha value is -3.95. The van der Waals surface area contributed by atoms with Crippen LogP contribution in [0.3, 0.4) is 0 Å². The molecule has 3 rings (SSSR count). The van der Waals surface area contributed by atoms with Gasteiger partial charge in [-0.2, -0.15) is 0 Å². The average molecular weight is 427 g/mol. The van der Waals surface area contributed by atoms with Gasteiger partial charge in [0.25, 0.3) is 11.6 Å². The van der Waals surface area contributed by atoms with Crippen molar-refractivity contribution >= 4 is 34.8 Å². The van der Waals surface area contributed by atoms with Crippen molar-refractivity contribution in [2.75, 3.05) is 30.5 Å². The summed E-state index contributed by atoms with van der Waals surface area (Å²) in [6.45, 7) is 1.46. The summed E-state index contributed by atoms with van der Waals surface area (Å²) in [6.07, 6.45) is -0.0156. The maximum atomic E-state index is 12.3. The van der Waals surface area contributed by atoms with Gasteiger partial charge < -0.3 is 19.7 Å². The topological polar surface area (TPSA) is 128 Å². The van der Waals surface area contributed by atoms with E-state index in [4.69, 9.17) is 9.47 Å². The van der Waals surface area contributed by atoms with Crippen molar-refractivity contribution in [2.45, 2.75) is 13.3 Å². The lowest BCUT2D eigenvalue weighted by molar-refractivity contribution is -0.384. The summed E-state index contributed by atoms with van der Waals surface area (Å²) >= 11 is 0. The van der Waals surface area contributed by atoms with Crippen molar-refractivity contribution in [1.29, 1.82) is 0 Å². The number of hydrogen-bond donors (Lipinski definition) is 1. The van der Waals surface area contributed by atoms with Gasteiger partial charge in [0, 0.05) is 18.7 Å². The van der Waals surface area contributed by atoms with Crippen molar-refractivity contribution < 1.29 is 28.8 Å². The number of aryl methyl sites for hydroxylation is 1. The molecule has 0 bridgehead atoms. The molecule has 1 unspecified atom stereocenters. The first-order chi connectivity index (χ1) is 14.8. The second kappa shape index (κ2) is 9.24. The number of carbonyl (C=O) groups is 3. The van der Waals surface area contributed by atoms with Gasteiger partial charge in [-0.3, -0.25) is 24.5 Å². The van der Waals surface area contributed by atoms with Gasteiger partial charge in [-0.25, -0.2) is 0 Å². The highest BCUT2D eigenvalue weighted by molar-refractivity contribution is 6.00. The summed E-state index contributed by atoms with van der Waals surface area (Å²) in [5, 5.41) is 13.5. The van der Waals surface area contributed by atoms with E-state index in [2.05, 4.69) is 5.32 Å². The summed E-state index contributed by atoms with van der Waals surface area (Å²) in [6, 6.07) is 11.3. The van der Waals surface area contributed by atoms with Crippen LogP contribution in [0.25, 0.3) is 0 Å². The normalized spacial score (nSPS) is 15.5. The molecule has 162 valence electrons. The zero-order valence-electron chi connectivity index (χ0n) is 17.0. The number of hydrogen-bond acceptors (Lipinski definition) is 7. The Kier molecular flexibility index (Phi) is 6.49. The molecular weight excluding hydrogens is 406 g/mol. The molecule has 2 aromatic rings. The monoisotopic (exact) mass is 427 g/mol. The van der Waals surface area contributed by atoms with Crippen molar-refractivity contribution in [3.63, 3.8) is 0 Å². The predicted molar refractivity (Wildman–Crippen MR) is 111 cm³/mol. The molecule has 1 aliphatic rings. The first-order valence-corrected chi connectivity index (χ1v) is 9.44. The van der Waals surface area contributed by atoms with Crippen LogP contribution in [0.1, 0.15) is 12.0 Å². The molecule has 2 aromatic carbocycles. The number of methoxy groups -OCH3 is 1. The minimum atomic E-state index is -0.735. The number of nitrogens with zero attached hydrogens (tertiary/aromatic N) is 2. The molecule has 1 aliphatic heterocycles. The number of rotatable bonds is 7. The van der Waals surface area contributed by atoms with Crippen molar-refractivity contribution in [3.05, 3.63) is 58.1 Å². The fraction of sp³-hybridized carbons (Fsp3) is 0.286.